The Kier molecular flexibility index (Phi) is 7.91. The molecule has 0 aliphatic rings. The Labute approximate surface area is 135 Å². The van der Waals surface area contributed by atoms with E-state index >= 15 is 0 Å². The highest BCUT2D eigenvalue weighted by molar-refractivity contribution is 6.30. The molecule has 0 aliphatic heterocycles. The average Bonchev–Trinajstić information content (AvgIpc) is 2.46. The van der Waals surface area contributed by atoms with E-state index < -0.39 is 0 Å². The first-order valence-corrected chi connectivity index (χ1v) is 7.65. The van der Waals surface area contributed by atoms with E-state index in [1.165, 1.54) is 0 Å². The second kappa shape index (κ2) is 9.43. The summed E-state index contributed by atoms with van der Waals surface area (Å²) in [5.74, 6) is -0.679. The molecule has 0 saturated heterocycles. The molecule has 6 heteroatoms. The Balaban J connectivity index is 2.35. The lowest BCUT2D eigenvalue weighted by Gasteiger charge is -2.19. The molecule has 1 aromatic carbocycles. The van der Waals surface area contributed by atoms with E-state index in [0.29, 0.717) is 23.6 Å². The molecule has 2 unspecified atom stereocenters. The molecule has 0 fully saturated rings. The highest BCUT2D eigenvalue weighted by Gasteiger charge is 2.15. The minimum Gasteiger partial charge on any atom is -0.465 e. The number of rotatable bonds is 8. The van der Waals surface area contributed by atoms with E-state index in [4.69, 9.17) is 21.1 Å². The molecule has 22 heavy (non-hydrogen) atoms. The molecule has 2 atom stereocenters. The van der Waals surface area contributed by atoms with Gasteiger partial charge in [-0.15, -0.1) is 0 Å². The van der Waals surface area contributed by atoms with Crippen LogP contribution in [-0.4, -0.2) is 37.2 Å². The van der Waals surface area contributed by atoms with E-state index in [-0.39, 0.29) is 30.6 Å². The summed E-state index contributed by atoms with van der Waals surface area (Å²) in [7, 11) is 0. The second-order valence-corrected chi connectivity index (χ2v) is 5.48. The van der Waals surface area contributed by atoms with Gasteiger partial charge in [-0.25, -0.2) is 4.79 Å². The third-order valence-electron chi connectivity index (χ3n) is 2.97. The number of nitrogens with one attached hydrogen (secondary N) is 1. The number of carbonyl (C=O) groups excluding carboxylic acids is 2. The molecule has 0 spiro atoms. The number of carbonyl (C=O) groups is 2. The SMILES string of the molecule is CCOC(=O)CNC(C)CC(C)OC(=O)c1ccc(Cl)cc1. The monoisotopic (exact) mass is 327 g/mol. The smallest absolute Gasteiger partial charge is 0.338 e. The minimum atomic E-state index is -0.387. The van der Waals surface area contributed by atoms with Crippen molar-refractivity contribution >= 4 is 23.5 Å². The topological polar surface area (TPSA) is 64.6 Å². The van der Waals surface area contributed by atoms with Gasteiger partial charge >= 0.3 is 11.9 Å². The molecule has 1 rings (SSSR count). The first kappa shape index (κ1) is 18.5. The molecule has 1 aromatic rings. The summed E-state index contributed by atoms with van der Waals surface area (Å²) in [6, 6.07) is 6.57. The standard InChI is InChI=1S/C16H22ClNO4/c1-4-21-15(19)10-18-11(2)9-12(3)22-16(20)13-5-7-14(17)8-6-13/h5-8,11-12,18H,4,9-10H2,1-3H3. The lowest BCUT2D eigenvalue weighted by atomic mass is 10.1. The Hall–Kier alpha value is -1.59. The Morgan fingerprint density at radius 1 is 1.23 bits per heavy atom. The van der Waals surface area contributed by atoms with Crippen LogP contribution in [0.1, 0.15) is 37.6 Å². The molecule has 0 heterocycles. The van der Waals surface area contributed by atoms with Gasteiger partial charge in [-0.3, -0.25) is 4.79 Å². The fraction of sp³-hybridized carbons (Fsp3) is 0.500. The van der Waals surface area contributed by atoms with Crippen molar-refractivity contribution in [1.82, 2.24) is 5.32 Å². The molecule has 0 amide bonds. The van der Waals surface area contributed by atoms with Crippen LogP contribution in [0.4, 0.5) is 0 Å². The highest BCUT2D eigenvalue weighted by atomic mass is 35.5. The zero-order chi connectivity index (χ0) is 16.5. The van der Waals surface area contributed by atoms with Crippen molar-refractivity contribution in [2.45, 2.75) is 39.3 Å². The van der Waals surface area contributed by atoms with Crippen molar-refractivity contribution in [3.8, 4) is 0 Å². The van der Waals surface area contributed by atoms with Crippen LogP contribution >= 0.6 is 11.6 Å². The number of halogens is 1. The summed E-state index contributed by atoms with van der Waals surface area (Å²) in [5.41, 5.74) is 0.461. The zero-order valence-corrected chi connectivity index (χ0v) is 13.9. The lowest BCUT2D eigenvalue weighted by molar-refractivity contribution is -0.142. The van der Waals surface area contributed by atoms with Gasteiger partial charge < -0.3 is 14.8 Å². The average molecular weight is 328 g/mol. The summed E-state index contributed by atoms with van der Waals surface area (Å²) < 4.78 is 10.2. The van der Waals surface area contributed by atoms with Gasteiger partial charge in [0, 0.05) is 11.1 Å². The second-order valence-electron chi connectivity index (χ2n) is 5.05. The lowest BCUT2D eigenvalue weighted by Crippen LogP contribution is -2.35. The van der Waals surface area contributed by atoms with Gasteiger partial charge in [0.05, 0.1) is 18.7 Å². The number of esters is 2. The number of hydrogen-bond acceptors (Lipinski definition) is 5. The Bertz CT molecular complexity index is 489. The van der Waals surface area contributed by atoms with Gasteiger partial charge in [0.25, 0.3) is 0 Å². The minimum absolute atomic E-state index is 0.0254. The van der Waals surface area contributed by atoms with E-state index in [1.54, 1.807) is 31.2 Å². The summed E-state index contributed by atoms with van der Waals surface area (Å²) in [5, 5.41) is 3.61. The van der Waals surface area contributed by atoms with Crippen LogP contribution in [0.5, 0.6) is 0 Å². The highest BCUT2D eigenvalue weighted by Crippen LogP contribution is 2.12. The first-order valence-electron chi connectivity index (χ1n) is 7.28. The molecule has 5 nitrogen and oxygen atoms in total. The van der Waals surface area contributed by atoms with Gasteiger partial charge in [0.2, 0.25) is 0 Å². The van der Waals surface area contributed by atoms with Crippen molar-refractivity contribution in [2.75, 3.05) is 13.2 Å². The predicted octanol–water partition coefficient (Wildman–Crippen LogP) is 2.82. The molecule has 1 N–H and O–H groups in total. The first-order chi connectivity index (χ1) is 10.4. The van der Waals surface area contributed by atoms with Crippen LogP contribution < -0.4 is 5.32 Å². The normalized spacial score (nSPS) is 13.3. The zero-order valence-electron chi connectivity index (χ0n) is 13.1. The summed E-state index contributed by atoms with van der Waals surface area (Å²) >= 11 is 5.78. The molecular formula is C16H22ClNO4. The van der Waals surface area contributed by atoms with Crippen LogP contribution in [-0.2, 0) is 14.3 Å². The van der Waals surface area contributed by atoms with E-state index in [2.05, 4.69) is 5.32 Å². The van der Waals surface area contributed by atoms with E-state index in [9.17, 15) is 9.59 Å². The molecule has 0 aliphatic carbocycles. The van der Waals surface area contributed by atoms with Gasteiger partial charge in [-0.05, 0) is 51.5 Å². The molecule has 0 aromatic heterocycles. The Morgan fingerprint density at radius 3 is 2.45 bits per heavy atom. The van der Waals surface area contributed by atoms with Crippen LogP contribution in [0.15, 0.2) is 24.3 Å². The quantitative estimate of drug-likeness (QED) is 0.744. The van der Waals surface area contributed by atoms with E-state index in [0.717, 1.165) is 0 Å². The number of ether oxygens (including phenoxy) is 2. The third-order valence-corrected chi connectivity index (χ3v) is 3.23. The van der Waals surface area contributed by atoms with E-state index in [1.807, 2.05) is 13.8 Å². The fourth-order valence-corrected chi connectivity index (χ4v) is 2.06. The number of benzene rings is 1. The predicted molar refractivity (Wildman–Crippen MR) is 85.0 cm³/mol. The molecular weight excluding hydrogens is 306 g/mol. The van der Waals surface area contributed by atoms with Crippen molar-refractivity contribution < 1.29 is 19.1 Å². The van der Waals surface area contributed by atoms with Crippen molar-refractivity contribution in [3.05, 3.63) is 34.9 Å². The molecule has 122 valence electrons. The molecule has 0 radical (unpaired) electrons. The molecule has 0 saturated carbocycles. The maximum Gasteiger partial charge on any atom is 0.338 e. The third kappa shape index (κ3) is 6.91. The van der Waals surface area contributed by atoms with Gasteiger partial charge in [-0.1, -0.05) is 11.6 Å². The molecule has 0 bridgehead atoms. The van der Waals surface area contributed by atoms with Gasteiger partial charge in [0.1, 0.15) is 6.10 Å². The maximum absolute atomic E-state index is 11.9. The van der Waals surface area contributed by atoms with Gasteiger partial charge in [0.15, 0.2) is 0 Å². The summed E-state index contributed by atoms with van der Waals surface area (Å²) in [6.45, 7) is 6.01. The van der Waals surface area contributed by atoms with Crippen LogP contribution in [0.2, 0.25) is 5.02 Å². The van der Waals surface area contributed by atoms with Gasteiger partial charge in [-0.2, -0.15) is 0 Å². The number of hydrogen-bond donors (Lipinski definition) is 1. The van der Waals surface area contributed by atoms with Crippen LogP contribution in [0, 0.1) is 0 Å². The van der Waals surface area contributed by atoms with Crippen molar-refractivity contribution in [3.63, 3.8) is 0 Å². The van der Waals surface area contributed by atoms with Crippen LogP contribution in [0.25, 0.3) is 0 Å². The summed E-state index contributed by atoms with van der Waals surface area (Å²) in [4.78, 5) is 23.2. The van der Waals surface area contributed by atoms with Crippen molar-refractivity contribution in [1.29, 1.82) is 0 Å². The fourth-order valence-electron chi connectivity index (χ4n) is 1.94. The van der Waals surface area contributed by atoms with Crippen molar-refractivity contribution in [2.24, 2.45) is 0 Å². The maximum atomic E-state index is 11.9. The Morgan fingerprint density at radius 2 is 1.86 bits per heavy atom. The summed E-state index contributed by atoms with van der Waals surface area (Å²) in [6.07, 6.45) is 0.325. The largest absolute Gasteiger partial charge is 0.465 e. The van der Waals surface area contributed by atoms with Crippen LogP contribution in [0.3, 0.4) is 0 Å².